The fourth-order valence-corrected chi connectivity index (χ4v) is 2.41. The second-order valence-corrected chi connectivity index (χ2v) is 6.03. The predicted octanol–water partition coefficient (Wildman–Crippen LogP) is 2.77. The van der Waals surface area contributed by atoms with E-state index in [-0.39, 0.29) is 25.2 Å². The van der Waals surface area contributed by atoms with Gasteiger partial charge in [-0.3, -0.25) is 4.79 Å². The van der Waals surface area contributed by atoms with E-state index in [0.29, 0.717) is 18.8 Å². The Bertz CT molecular complexity index is 783. The molecule has 1 atom stereocenters. The number of carbonyl (C=O) groups is 2. The van der Waals surface area contributed by atoms with E-state index in [9.17, 15) is 22.8 Å². The molecule has 150 valence electrons. The number of hydrogen-bond donors (Lipinski definition) is 3. The summed E-state index contributed by atoms with van der Waals surface area (Å²) in [5, 5.41) is 14.0. The van der Waals surface area contributed by atoms with E-state index in [0.717, 1.165) is 5.56 Å². The standard InChI is InChI=1S/C18H19F3N4O3/c19-18(20,21)13-9-22-15(23-10-13)11-24-17(28)25-14(6-7-16(26)27)8-12-4-2-1-3-5-12/h1-5,9-10,14H,6-8,11H2,(H,26,27)(H2,24,25,28). The number of benzene rings is 1. The van der Waals surface area contributed by atoms with Gasteiger partial charge in [0.15, 0.2) is 0 Å². The number of carbonyl (C=O) groups excluding carboxylic acids is 1. The van der Waals surface area contributed by atoms with Crippen molar-refractivity contribution in [1.29, 1.82) is 0 Å². The van der Waals surface area contributed by atoms with Crippen molar-refractivity contribution in [2.45, 2.75) is 38.0 Å². The van der Waals surface area contributed by atoms with E-state index in [1.807, 2.05) is 30.3 Å². The lowest BCUT2D eigenvalue weighted by Crippen LogP contribution is -2.43. The molecular formula is C18H19F3N4O3. The summed E-state index contributed by atoms with van der Waals surface area (Å²) in [6.07, 6.45) is -2.68. The number of amides is 2. The van der Waals surface area contributed by atoms with Crippen LogP contribution in [0.15, 0.2) is 42.7 Å². The van der Waals surface area contributed by atoms with E-state index in [4.69, 9.17) is 5.11 Å². The Kier molecular flexibility index (Phi) is 7.30. The Morgan fingerprint density at radius 1 is 1.11 bits per heavy atom. The van der Waals surface area contributed by atoms with Crippen molar-refractivity contribution in [2.24, 2.45) is 0 Å². The Labute approximate surface area is 159 Å². The summed E-state index contributed by atoms with van der Waals surface area (Å²) in [4.78, 5) is 30.1. The van der Waals surface area contributed by atoms with Gasteiger partial charge < -0.3 is 15.7 Å². The molecule has 7 nitrogen and oxygen atoms in total. The van der Waals surface area contributed by atoms with Gasteiger partial charge in [-0.15, -0.1) is 0 Å². The molecule has 0 fully saturated rings. The summed E-state index contributed by atoms with van der Waals surface area (Å²) in [6, 6.07) is 8.24. The first-order chi connectivity index (χ1) is 13.2. The number of hydrogen-bond acceptors (Lipinski definition) is 4. The fraction of sp³-hybridized carbons (Fsp3) is 0.333. The van der Waals surface area contributed by atoms with Gasteiger partial charge in [-0.1, -0.05) is 30.3 Å². The second kappa shape index (κ2) is 9.67. The zero-order valence-electron chi connectivity index (χ0n) is 14.7. The van der Waals surface area contributed by atoms with Gasteiger partial charge in [0, 0.05) is 24.9 Å². The molecule has 0 saturated carbocycles. The number of nitrogens with one attached hydrogen (secondary N) is 2. The normalized spacial score (nSPS) is 12.2. The summed E-state index contributed by atoms with van der Waals surface area (Å²) < 4.78 is 37.5. The molecule has 1 heterocycles. The quantitative estimate of drug-likeness (QED) is 0.637. The lowest BCUT2D eigenvalue weighted by molar-refractivity contribution is -0.138. The van der Waals surface area contributed by atoms with E-state index in [1.165, 1.54) is 0 Å². The van der Waals surface area contributed by atoms with Crippen LogP contribution >= 0.6 is 0 Å². The minimum absolute atomic E-state index is 0.0216. The second-order valence-electron chi connectivity index (χ2n) is 6.03. The predicted molar refractivity (Wildman–Crippen MR) is 93.2 cm³/mol. The third kappa shape index (κ3) is 7.22. The van der Waals surface area contributed by atoms with Crippen molar-refractivity contribution in [3.05, 3.63) is 59.7 Å². The van der Waals surface area contributed by atoms with E-state index in [2.05, 4.69) is 20.6 Å². The van der Waals surface area contributed by atoms with Crippen LogP contribution in [0.3, 0.4) is 0 Å². The zero-order valence-corrected chi connectivity index (χ0v) is 14.7. The SMILES string of the molecule is O=C(O)CCC(Cc1ccccc1)NC(=O)NCc1ncc(C(F)(F)F)cn1. The van der Waals surface area contributed by atoms with Gasteiger partial charge in [0.05, 0.1) is 12.1 Å². The molecule has 0 spiro atoms. The Morgan fingerprint density at radius 2 is 1.75 bits per heavy atom. The summed E-state index contributed by atoms with van der Waals surface area (Å²) in [5.74, 6) is -0.952. The van der Waals surface area contributed by atoms with Gasteiger partial charge in [-0.25, -0.2) is 14.8 Å². The number of aliphatic carboxylic acids is 1. The van der Waals surface area contributed by atoms with Gasteiger partial charge in [0.2, 0.25) is 0 Å². The summed E-state index contributed by atoms with van der Waals surface area (Å²) in [5.41, 5.74) is -0.0402. The summed E-state index contributed by atoms with van der Waals surface area (Å²) >= 11 is 0. The summed E-state index contributed by atoms with van der Waals surface area (Å²) in [6.45, 7) is -0.166. The molecule has 0 aliphatic rings. The monoisotopic (exact) mass is 396 g/mol. The highest BCUT2D eigenvalue weighted by Gasteiger charge is 2.31. The molecule has 1 aromatic carbocycles. The molecule has 0 bridgehead atoms. The molecule has 3 N–H and O–H groups in total. The first-order valence-electron chi connectivity index (χ1n) is 8.42. The van der Waals surface area contributed by atoms with E-state index >= 15 is 0 Å². The highest BCUT2D eigenvalue weighted by molar-refractivity contribution is 5.74. The van der Waals surface area contributed by atoms with Crippen LogP contribution in [-0.4, -0.2) is 33.1 Å². The van der Waals surface area contributed by atoms with Crippen LogP contribution in [0.25, 0.3) is 0 Å². The number of aromatic nitrogens is 2. The third-order valence-electron chi connectivity index (χ3n) is 3.81. The molecule has 10 heteroatoms. The number of alkyl halides is 3. The molecule has 0 aliphatic carbocycles. The smallest absolute Gasteiger partial charge is 0.419 e. The Balaban J connectivity index is 1.90. The number of urea groups is 1. The molecule has 28 heavy (non-hydrogen) atoms. The molecular weight excluding hydrogens is 377 g/mol. The van der Waals surface area contributed by atoms with Crippen molar-refractivity contribution in [2.75, 3.05) is 0 Å². The van der Waals surface area contributed by atoms with Crippen LogP contribution in [0, 0.1) is 0 Å². The first kappa shape index (κ1) is 21.1. The number of rotatable bonds is 8. The van der Waals surface area contributed by atoms with Gasteiger partial charge in [-0.05, 0) is 18.4 Å². The third-order valence-corrected chi connectivity index (χ3v) is 3.81. The largest absolute Gasteiger partial charge is 0.481 e. The maximum atomic E-state index is 12.5. The van der Waals surface area contributed by atoms with Crippen molar-refractivity contribution < 1.29 is 27.9 Å². The number of carboxylic acid groups (broad SMARTS) is 1. The minimum atomic E-state index is -4.53. The highest BCUT2D eigenvalue weighted by atomic mass is 19.4. The van der Waals surface area contributed by atoms with E-state index in [1.54, 1.807) is 0 Å². The first-order valence-corrected chi connectivity index (χ1v) is 8.42. The molecule has 1 unspecified atom stereocenters. The molecule has 0 radical (unpaired) electrons. The van der Waals surface area contributed by atoms with Crippen LogP contribution < -0.4 is 10.6 Å². The van der Waals surface area contributed by atoms with Crippen LogP contribution in [0.5, 0.6) is 0 Å². The van der Waals surface area contributed by atoms with Gasteiger partial charge in [-0.2, -0.15) is 13.2 Å². The molecule has 0 aliphatic heterocycles. The number of halogens is 3. The maximum absolute atomic E-state index is 12.5. The lowest BCUT2D eigenvalue weighted by atomic mass is 10.0. The number of nitrogens with zero attached hydrogens (tertiary/aromatic N) is 2. The molecule has 0 saturated heterocycles. The fourth-order valence-electron chi connectivity index (χ4n) is 2.41. The van der Waals surface area contributed by atoms with Gasteiger partial charge in [0.25, 0.3) is 0 Å². The van der Waals surface area contributed by atoms with Crippen molar-refractivity contribution >= 4 is 12.0 Å². The van der Waals surface area contributed by atoms with Crippen molar-refractivity contribution in [3.8, 4) is 0 Å². The van der Waals surface area contributed by atoms with E-state index < -0.39 is 29.8 Å². The highest BCUT2D eigenvalue weighted by Crippen LogP contribution is 2.27. The molecule has 2 rings (SSSR count). The maximum Gasteiger partial charge on any atom is 0.419 e. The van der Waals surface area contributed by atoms with Crippen LogP contribution in [0.1, 0.15) is 29.8 Å². The Hall–Kier alpha value is -3.17. The zero-order chi connectivity index (χ0) is 20.6. The molecule has 2 aromatic rings. The number of carboxylic acids is 1. The molecule has 1 aromatic heterocycles. The minimum Gasteiger partial charge on any atom is -0.481 e. The topological polar surface area (TPSA) is 104 Å². The molecule has 2 amide bonds. The van der Waals surface area contributed by atoms with Crippen LogP contribution in [0.2, 0.25) is 0 Å². The van der Waals surface area contributed by atoms with Crippen molar-refractivity contribution in [1.82, 2.24) is 20.6 Å². The van der Waals surface area contributed by atoms with Gasteiger partial charge >= 0.3 is 18.2 Å². The van der Waals surface area contributed by atoms with Crippen LogP contribution in [-0.2, 0) is 23.9 Å². The average molecular weight is 396 g/mol. The summed E-state index contributed by atoms with van der Waals surface area (Å²) in [7, 11) is 0. The lowest BCUT2D eigenvalue weighted by Gasteiger charge is -2.18. The van der Waals surface area contributed by atoms with Crippen molar-refractivity contribution in [3.63, 3.8) is 0 Å². The average Bonchev–Trinajstić information content (AvgIpc) is 2.65. The Morgan fingerprint density at radius 3 is 2.32 bits per heavy atom. The van der Waals surface area contributed by atoms with Gasteiger partial charge in [0.1, 0.15) is 5.82 Å². The van der Waals surface area contributed by atoms with Crippen LogP contribution in [0.4, 0.5) is 18.0 Å².